The number of hydrogen-bond donors (Lipinski definition) is 3. The normalized spacial score (nSPS) is 17.3. The third kappa shape index (κ3) is 3.22. The molecular weight excluding hydrogens is 345 g/mol. The van der Waals surface area contributed by atoms with Crippen molar-refractivity contribution in [3.05, 3.63) is 24.3 Å². The molecule has 0 unspecified atom stereocenters. The van der Waals surface area contributed by atoms with Gasteiger partial charge in [0.15, 0.2) is 0 Å². The van der Waals surface area contributed by atoms with Crippen LogP contribution in [0.3, 0.4) is 0 Å². The number of hydrazine groups is 1. The van der Waals surface area contributed by atoms with Gasteiger partial charge in [0.25, 0.3) is 0 Å². The van der Waals surface area contributed by atoms with Gasteiger partial charge in [0.05, 0.1) is 18.3 Å². The van der Waals surface area contributed by atoms with Gasteiger partial charge in [0.2, 0.25) is 0 Å². The fourth-order valence-corrected chi connectivity index (χ4v) is 4.14. The summed E-state index contributed by atoms with van der Waals surface area (Å²) in [6.45, 7) is 6.06. The predicted molar refractivity (Wildman–Crippen MR) is 105 cm³/mol. The van der Waals surface area contributed by atoms with Crippen molar-refractivity contribution >= 4 is 22.1 Å². The van der Waals surface area contributed by atoms with Crippen molar-refractivity contribution in [1.29, 1.82) is 0 Å². The first-order valence-electron chi connectivity index (χ1n) is 9.58. The Bertz CT molecular complexity index is 921. The van der Waals surface area contributed by atoms with Gasteiger partial charge in [-0.2, -0.15) is 0 Å². The number of likely N-dealkylation sites (tertiary alicyclic amines) is 1. The number of fused-ring (bicyclic) bond motifs is 3. The molecule has 0 radical (unpaired) electrons. The fourth-order valence-electron chi connectivity index (χ4n) is 4.14. The number of piperidine rings is 1. The average molecular weight is 373 g/mol. The van der Waals surface area contributed by atoms with E-state index in [0.717, 1.165) is 53.8 Å². The molecule has 1 saturated heterocycles. The maximum absolute atomic E-state index is 13.4. The molecule has 4 rings (SSSR count). The lowest BCUT2D eigenvalue weighted by molar-refractivity contribution is 0.0576. The molecule has 1 aliphatic rings. The Balaban J connectivity index is 1.72. The molecule has 8 heteroatoms. The molecule has 4 heterocycles. The second kappa shape index (κ2) is 7.18. The first-order valence-corrected chi connectivity index (χ1v) is 9.58. The van der Waals surface area contributed by atoms with Crippen LogP contribution in [-0.4, -0.2) is 56.8 Å². The monoisotopic (exact) mass is 373 g/mol. The van der Waals surface area contributed by atoms with Gasteiger partial charge in [0.1, 0.15) is 23.7 Å². The molecule has 1 aliphatic heterocycles. The number of halogens is 1. The van der Waals surface area contributed by atoms with E-state index < -0.39 is 5.54 Å². The van der Waals surface area contributed by atoms with Crippen molar-refractivity contribution in [2.24, 2.45) is 0 Å². The summed E-state index contributed by atoms with van der Waals surface area (Å²) in [7, 11) is 1.86. The lowest BCUT2D eigenvalue weighted by Gasteiger charge is -2.42. The molecule has 146 valence electrons. The van der Waals surface area contributed by atoms with E-state index >= 15 is 0 Å². The number of nitrogens with zero attached hydrogens (tertiary/aromatic N) is 4. The van der Waals surface area contributed by atoms with Crippen LogP contribution in [0.2, 0.25) is 0 Å². The number of imidazole rings is 1. The lowest BCUT2D eigenvalue weighted by Crippen LogP contribution is -2.49. The molecule has 0 aliphatic carbocycles. The van der Waals surface area contributed by atoms with Crippen LogP contribution < -0.4 is 10.9 Å². The maximum atomic E-state index is 13.4. The smallest absolute Gasteiger partial charge is 0.139 e. The van der Waals surface area contributed by atoms with E-state index in [1.807, 2.05) is 33.3 Å². The maximum Gasteiger partial charge on any atom is 0.139 e. The van der Waals surface area contributed by atoms with Crippen LogP contribution in [0.15, 0.2) is 18.5 Å². The summed E-state index contributed by atoms with van der Waals surface area (Å²) in [6.07, 6.45) is 5.73. The second-order valence-corrected chi connectivity index (χ2v) is 7.90. The highest BCUT2D eigenvalue weighted by atomic mass is 19.1. The van der Waals surface area contributed by atoms with E-state index in [0.29, 0.717) is 12.6 Å². The SMILES string of the molecule is CNNCc1nc2cnc3[nH]ccc3c2n1C1CCN(C(C)(C)CF)CC1. The Morgan fingerprint density at radius 3 is 2.81 bits per heavy atom. The molecule has 27 heavy (non-hydrogen) atoms. The number of aromatic nitrogens is 4. The molecule has 0 amide bonds. The van der Waals surface area contributed by atoms with Gasteiger partial charge >= 0.3 is 0 Å². The van der Waals surface area contributed by atoms with Crippen LogP contribution in [0, 0.1) is 0 Å². The number of H-pyrrole nitrogens is 1. The highest BCUT2D eigenvalue weighted by Crippen LogP contribution is 2.33. The first-order chi connectivity index (χ1) is 13.0. The Morgan fingerprint density at radius 1 is 1.33 bits per heavy atom. The number of pyridine rings is 1. The topological polar surface area (TPSA) is 73.8 Å². The summed E-state index contributed by atoms with van der Waals surface area (Å²) in [5, 5.41) is 1.10. The molecule has 3 aromatic heterocycles. The summed E-state index contributed by atoms with van der Waals surface area (Å²) < 4.78 is 15.8. The van der Waals surface area contributed by atoms with E-state index in [-0.39, 0.29) is 6.67 Å². The highest BCUT2D eigenvalue weighted by molar-refractivity contribution is 6.01. The van der Waals surface area contributed by atoms with Gasteiger partial charge in [-0.1, -0.05) is 0 Å². The molecule has 0 saturated carbocycles. The van der Waals surface area contributed by atoms with Crippen LogP contribution in [0.1, 0.15) is 38.6 Å². The lowest BCUT2D eigenvalue weighted by atomic mass is 9.97. The number of alkyl halides is 1. The third-order valence-electron chi connectivity index (χ3n) is 5.74. The van der Waals surface area contributed by atoms with Crippen molar-refractivity contribution in [3.8, 4) is 0 Å². The Hall–Kier alpha value is -2.03. The molecule has 3 N–H and O–H groups in total. The minimum Gasteiger partial charge on any atom is -0.346 e. The van der Waals surface area contributed by atoms with Gasteiger partial charge in [-0.25, -0.2) is 14.4 Å². The largest absolute Gasteiger partial charge is 0.346 e. The molecule has 0 spiro atoms. The van der Waals surface area contributed by atoms with Crippen molar-refractivity contribution in [2.45, 2.75) is 44.8 Å². The van der Waals surface area contributed by atoms with Gasteiger partial charge in [0, 0.05) is 36.3 Å². The quantitative estimate of drug-likeness (QED) is 0.579. The van der Waals surface area contributed by atoms with Gasteiger partial charge in [-0.15, -0.1) is 0 Å². The van der Waals surface area contributed by atoms with E-state index in [1.54, 1.807) is 0 Å². The molecule has 7 nitrogen and oxygen atoms in total. The van der Waals surface area contributed by atoms with Crippen LogP contribution in [0.25, 0.3) is 22.1 Å². The van der Waals surface area contributed by atoms with Gasteiger partial charge in [-0.05, 0) is 39.8 Å². The summed E-state index contributed by atoms with van der Waals surface area (Å²) >= 11 is 0. The van der Waals surface area contributed by atoms with Crippen LogP contribution >= 0.6 is 0 Å². The Morgan fingerprint density at radius 2 is 2.11 bits per heavy atom. The highest BCUT2D eigenvalue weighted by Gasteiger charge is 2.32. The summed E-state index contributed by atoms with van der Waals surface area (Å²) in [4.78, 5) is 14.8. The van der Waals surface area contributed by atoms with E-state index in [4.69, 9.17) is 4.98 Å². The fraction of sp³-hybridized carbons (Fsp3) is 0.579. The Labute approximate surface area is 158 Å². The zero-order valence-electron chi connectivity index (χ0n) is 16.2. The van der Waals surface area contributed by atoms with Crippen LogP contribution in [0.5, 0.6) is 0 Å². The molecule has 3 aromatic rings. The molecule has 0 atom stereocenters. The number of nitrogens with one attached hydrogen (secondary N) is 3. The zero-order chi connectivity index (χ0) is 19.0. The van der Waals surface area contributed by atoms with E-state index in [1.165, 1.54) is 0 Å². The van der Waals surface area contributed by atoms with Gasteiger partial charge < -0.3 is 9.55 Å². The molecule has 0 bridgehead atoms. The standard InChI is InChI=1S/C19H28FN7/c1-19(2,12-20)26-8-5-13(6-9-26)27-16(11-24-21-3)25-15-10-23-18-14(17(15)27)4-7-22-18/h4,7,10,13,21,24H,5-6,8-9,11-12H2,1-3H3,(H,22,23). The third-order valence-corrected chi connectivity index (χ3v) is 5.74. The molecule has 0 aromatic carbocycles. The minimum atomic E-state index is -0.393. The van der Waals surface area contributed by atoms with Crippen molar-refractivity contribution < 1.29 is 4.39 Å². The van der Waals surface area contributed by atoms with Crippen LogP contribution in [0.4, 0.5) is 4.39 Å². The minimum absolute atomic E-state index is 0.321. The van der Waals surface area contributed by atoms with E-state index in [2.05, 4.69) is 36.4 Å². The summed E-state index contributed by atoms with van der Waals surface area (Å²) in [6, 6.07) is 2.41. The predicted octanol–water partition coefficient (Wildman–Crippen LogP) is 2.52. The molecular formula is C19H28FN7. The van der Waals surface area contributed by atoms with Crippen molar-refractivity contribution in [3.63, 3.8) is 0 Å². The summed E-state index contributed by atoms with van der Waals surface area (Å²) in [5.41, 5.74) is 8.69. The first kappa shape index (κ1) is 18.3. The number of rotatable bonds is 6. The second-order valence-electron chi connectivity index (χ2n) is 7.90. The zero-order valence-corrected chi connectivity index (χ0v) is 16.2. The Kier molecular flexibility index (Phi) is 4.88. The average Bonchev–Trinajstić information content (AvgIpc) is 3.30. The number of hydrogen-bond acceptors (Lipinski definition) is 5. The van der Waals surface area contributed by atoms with Crippen LogP contribution in [-0.2, 0) is 6.54 Å². The van der Waals surface area contributed by atoms with Gasteiger partial charge in [-0.3, -0.25) is 15.8 Å². The van der Waals surface area contributed by atoms with E-state index in [9.17, 15) is 4.39 Å². The summed E-state index contributed by atoms with van der Waals surface area (Å²) in [5.74, 6) is 0.998. The van der Waals surface area contributed by atoms with Crippen molar-refractivity contribution in [1.82, 2.24) is 35.3 Å². The van der Waals surface area contributed by atoms with Crippen molar-refractivity contribution in [2.75, 3.05) is 26.8 Å². The molecule has 1 fully saturated rings. The number of aromatic amines is 1.